The predicted molar refractivity (Wildman–Crippen MR) is 98.4 cm³/mol. The van der Waals surface area contributed by atoms with Gasteiger partial charge < -0.3 is 4.90 Å². The fourth-order valence-corrected chi connectivity index (χ4v) is 3.30. The molecule has 136 valence electrons. The first kappa shape index (κ1) is 18.2. The summed E-state index contributed by atoms with van der Waals surface area (Å²) in [5, 5.41) is 0. The summed E-state index contributed by atoms with van der Waals surface area (Å²) < 4.78 is 0. The van der Waals surface area contributed by atoms with Crippen molar-refractivity contribution in [2.24, 2.45) is 11.8 Å². The van der Waals surface area contributed by atoms with Crippen molar-refractivity contribution in [1.29, 1.82) is 0 Å². The zero-order chi connectivity index (χ0) is 18.5. The molecule has 1 atom stereocenters. The second kappa shape index (κ2) is 8.17. The average Bonchev–Trinajstić information content (AvgIpc) is 2.68. The van der Waals surface area contributed by atoms with Crippen molar-refractivity contribution in [3.05, 3.63) is 42.6 Å². The molecule has 0 aliphatic carbocycles. The molecule has 3 rings (SSSR count). The normalized spacial score (nSPS) is 17.3. The number of carbonyl (C=O) groups is 2. The van der Waals surface area contributed by atoms with E-state index >= 15 is 0 Å². The molecule has 6 heteroatoms. The molecule has 0 unspecified atom stereocenters. The molecule has 0 bridgehead atoms. The summed E-state index contributed by atoms with van der Waals surface area (Å²) >= 11 is 0. The number of nitrogens with zero attached hydrogens (tertiary/aromatic N) is 4. The highest BCUT2D eigenvalue weighted by Gasteiger charge is 2.29. The van der Waals surface area contributed by atoms with Crippen molar-refractivity contribution in [3.8, 4) is 11.3 Å². The van der Waals surface area contributed by atoms with Gasteiger partial charge in [-0.1, -0.05) is 13.8 Å². The third-order valence-electron chi connectivity index (χ3n) is 4.64. The molecule has 1 fully saturated rings. The lowest BCUT2D eigenvalue weighted by molar-refractivity contribution is -0.124. The maximum absolute atomic E-state index is 12.8. The minimum absolute atomic E-state index is 0.0381. The Bertz CT molecular complexity index is 759. The summed E-state index contributed by atoms with van der Waals surface area (Å²) in [7, 11) is 0. The summed E-state index contributed by atoms with van der Waals surface area (Å²) in [6.07, 6.45) is 8.76. The van der Waals surface area contributed by atoms with E-state index in [1.54, 1.807) is 35.6 Å². The van der Waals surface area contributed by atoms with Crippen LogP contribution in [0.1, 0.15) is 43.5 Å². The van der Waals surface area contributed by atoms with Crippen LogP contribution in [-0.4, -0.2) is 44.6 Å². The van der Waals surface area contributed by atoms with Crippen LogP contribution in [0.4, 0.5) is 0 Å². The summed E-state index contributed by atoms with van der Waals surface area (Å²) in [5.74, 6) is 0.529. The zero-order valence-electron chi connectivity index (χ0n) is 15.3. The van der Waals surface area contributed by atoms with Gasteiger partial charge in [-0.3, -0.25) is 14.6 Å². The number of hydrogen-bond acceptors (Lipinski definition) is 5. The molecule has 0 spiro atoms. The number of piperidine rings is 1. The Labute approximate surface area is 153 Å². The Hall–Kier alpha value is -2.63. The first-order valence-corrected chi connectivity index (χ1v) is 9.08. The van der Waals surface area contributed by atoms with E-state index in [0.717, 1.165) is 24.1 Å². The number of aromatic nitrogens is 3. The Balaban J connectivity index is 1.68. The van der Waals surface area contributed by atoms with Crippen molar-refractivity contribution >= 4 is 11.7 Å². The highest BCUT2D eigenvalue weighted by molar-refractivity contribution is 5.94. The molecule has 2 aromatic rings. The fourth-order valence-electron chi connectivity index (χ4n) is 3.30. The van der Waals surface area contributed by atoms with Crippen LogP contribution in [0.5, 0.6) is 0 Å². The maximum Gasteiger partial charge on any atom is 0.255 e. The summed E-state index contributed by atoms with van der Waals surface area (Å²) in [6, 6.07) is 3.58. The topological polar surface area (TPSA) is 76.1 Å². The van der Waals surface area contributed by atoms with E-state index in [1.165, 1.54) is 6.33 Å². The van der Waals surface area contributed by atoms with Crippen LogP contribution in [0.3, 0.4) is 0 Å². The molecule has 2 aromatic heterocycles. The van der Waals surface area contributed by atoms with Crippen molar-refractivity contribution in [2.75, 3.05) is 13.1 Å². The molecule has 1 aliphatic rings. The quantitative estimate of drug-likeness (QED) is 0.827. The molecule has 1 saturated heterocycles. The van der Waals surface area contributed by atoms with Crippen molar-refractivity contribution in [2.45, 2.75) is 33.1 Å². The number of likely N-dealkylation sites (tertiary alicyclic amines) is 1. The number of carbonyl (C=O) groups excluding carboxylic acids is 2. The Morgan fingerprint density at radius 2 is 1.96 bits per heavy atom. The molecule has 1 aliphatic heterocycles. The molecule has 0 N–H and O–H groups in total. The third-order valence-corrected chi connectivity index (χ3v) is 4.64. The van der Waals surface area contributed by atoms with Gasteiger partial charge in [-0.25, -0.2) is 9.97 Å². The van der Waals surface area contributed by atoms with E-state index in [9.17, 15) is 9.59 Å². The smallest absolute Gasteiger partial charge is 0.255 e. The lowest BCUT2D eigenvalue weighted by Crippen LogP contribution is -2.42. The number of rotatable bonds is 5. The summed E-state index contributed by atoms with van der Waals surface area (Å²) in [4.78, 5) is 39.2. The van der Waals surface area contributed by atoms with Gasteiger partial charge in [0.2, 0.25) is 0 Å². The van der Waals surface area contributed by atoms with E-state index in [1.807, 2.05) is 0 Å². The maximum atomic E-state index is 12.8. The first-order chi connectivity index (χ1) is 12.5. The van der Waals surface area contributed by atoms with Gasteiger partial charge in [-0.2, -0.15) is 0 Å². The highest BCUT2D eigenvalue weighted by atomic mass is 16.2. The van der Waals surface area contributed by atoms with Gasteiger partial charge >= 0.3 is 0 Å². The summed E-state index contributed by atoms with van der Waals surface area (Å²) in [5.41, 5.74) is 2.08. The van der Waals surface area contributed by atoms with Gasteiger partial charge in [0.05, 0.1) is 11.3 Å². The van der Waals surface area contributed by atoms with Gasteiger partial charge in [0.15, 0.2) is 0 Å². The summed E-state index contributed by atoms with van der Waals surface area (Å²) in [6.45, 7) is 5.31. The Morgan fingerprint density at radius 3 is 2.62 bits per heavy atom. The molecule has 6 nitrogen and oxygen atoms in total. The van der Waals surface area contributed by atoms with Crippen molar-refractivity contribution < 1.29 is 9.59 Å². The van der Waals surface area contributed by atoms with E-state index in [4.69, 9.17) is 0 Å². The van der Waals surface area contributed by atoms with Gasteiger partial charge in [0.1, 0.15) is 12.1 Å². The van der Waals surface area contributed by atoms with Gasteiger partial charge in [-0.05, 0) is 30.9 Å². The van der Waals surface area contributed by atoms with E-state index in [0.29, 0.717) is 31.0 Å². The van der Waals surface area contributed by atoms with Crippen molar-refractivity contribution in [1.82, 2.24) is 19.9 Å². The molecule has 1 amide bonds. The minimum Gasteiger partial charge on any atom is -0.338 e. The van der Waals surface area contributed by atoms with E-state index in [-0.39, 0.29) is 17.6 Å². The first-order valence-electron chi connectivity index (χ1n) is 9.08. The molecular weight excluding hydrogens is 328 g/mol. The number of hydrogen-bond donors (Lipinski definition) is 0. The van der Waals surface area contributed by atoms with E-state index in [2.05, 4.69) is 28.8 Å². The monoisotopic (exact) mass is 352 g/mol. The van der Waals surface area contributed by atoms with Gasteiger partial charge in [-0.15, -0.1) is 0 Å². The SMILES string of the molecule is CC(C)CC(=O)[C@H]1CCCN(C(=O)c2ccc(-c3cncnc3)nc2)C1. The molecule has 0 aromatic carbocycles. The van der Waals surface area contributed by atoms with Crippen LogP contribution >= 0.6 is 0 Å². The van der Waals surface area contributed by atoms with Crippen LogP contribution in [-0.2, 0) is 4.79 Å². The minimum atomic E-state index is -0.0598. The average molecular weight is 352 g/mol. The molecule has 0 radical (unpaired) electrons. The van der Waals surface area contributed by atoms with Crippen LogP contribution in [0.2, 0.25) is 0 Å². The lowest BCUT2D eigenvalue weighted by atomic mass is 9.89. The van der Waals surface area contributed by atoms with Crippen molar-refractivity contribution in [3.63, 3.8) is 0 Å². The van der Waals surface area contributed by atoms with Crippen LogP contribution < -0.4 is 0 Å². The largest absolute Gasteiger partial charge is 0.338 e. The standard InChI is InChI=1S/C20H24N4O2/c1-14(2)8-19(25)16-4-3-7-24(12-16)20(26)15-5-6-18(23-11-15)17-9-21-13-22-10-17/h5-6,9-11,13-14,16H,3-4,7-8,12H2,1-2H3/t16-/m0/s1. The second-order valence-corrected chi connectivity index (χ2v) is 7.21. The zero-order valence-corrected chi connectivity index (χ0v) is 15.3. The second-order valence-electron chi connectivity index (χ2n) is 7.21. The Morgan fingerprint density at radius 1 is 1.19 bits per heavy atom. The van der Waals surface area contributed by atoms with E-state index < -0.39 is 0 Å². The lowest BCUT2D eigenvalue weighted by Gasteiger charge is -2.32. The van der Waals surface area contributed by atoms with Gasteiger partial charge in [0.25, 0.3) is 5.91 Å². The molecule has 3 heterocycles. The molecule has 26 heavy (non-hydrogen) atoms. The number of ketones is 1. The molecular formula is C20H24N4O2. The highest BCUT2D eigenvalue weighted by Crippen LogP contribution is 2.22. The number of Topliss-reactive ketones (excluding diaryl/α,β-unsaturated/α-hetero) is 1. The predicted octanol–water partition coefficient (Wildman–Crippen LogP) is 3.01. The Kier molecular flexibility index (Phi) is 5.71. The van der Waals surface area contributed by atoms with Crippen LogP contribution in [0.25, 0.3) is 11.3 Å². The third kappa shape index (κ3) is 4.31. The van der Waals surface area contributed by atoms with Crippen LogP contribution in [0.15, 0.2) is 37.1 Å². The number of amides is 1. The van der Waals surface area contributed by atoms with Gasteiger partial charge in [0, 0.05) is 49.6 Å². The molecule has 0 saturated carbocycles. The number of pyridine rings is 1. The van der Waals surface area contributed by atoms with Crippen LogP contribution in [0, 0.1) is 11.8 Å². The fraction of sp³-hybridized carbons (Fsp3) is 0.450.